The summed E-state index contributed by atoms with van der Waals surface area (Å²) in [6.07, 6.45) is 0. The Balaban J connectivity index is 3.13. The van der Waals surface area contributed by atoms with Gasteiger partial charge in [0.15, 0.2) is 0 Å². The Morgan fingerprint density at radius 2 is 2.06 bits per heavy atom. The van der Waals surface area contributed by atoms with Gasteiger partial charge >= 0.3 is 0 Å². The van der Waals surface area contributed by atoms with Gasteiger partial charge in [0.25, 0.3) is 0 Å². The molecule has 0 aliphatic rings. The third-order valence-electron chi connectivity index (χ3n) is 2.23. The summed E-state index contributed by atoms with van der Waals surface area (Å²) in [6.45, 7) is 7.01. The highest BCUT2D eigenvalue weighted by Crippen LogP contribution is 2.16. The topological polar surface area (TPSA) is 53.2 Å². The lowest BCUT2D eigenvalue weighted by Crippen LogP contribution is -2.20. The second-order valence-electron chi connectivity index (χ2n) is 4.84. The molecule has 1 aromatic rings. The van der Waals surface area contributed by atoms with E-state index in [2.05, 4.69) is 4.40 Å². The van der Waals surface area contributed by atoms with Crippen LogP contribution in [0.2, 0.25) is 0 Å². The Hall–Kier alpha value is -1.54. The van der Waals surface area contributed by atoms with Crippen LogP contribution >= 0.6 is 0 Å². The van der Waals surface area contributed by atoms with Gasteiger partial charge in [-0.1, -0.05) is 0 Å². The summed E-state index contributed by atoms with van der Waals surface area (Å²) in [5.74, 6) is -0.527. The maximum absolute atomic E-state index is 13.7. The lowest BCUT2D eigenvalue weighted by molar-refractivity contribution is 0.624. The third-order valence-corrected chi connectivity index (χ3v) is 3.72. The molecule has 0 heterocycles. The molecule has 0 fully saturated rings. The molecule has 0 N–H and O–H groups in total. The van der Waals surface area contributed by atoms with Crippen molar-refractivity contribution < 1.29 is 8.60 Å². The van der Waals surface area contributed by atoms with Crippen molar-refractivity contribution in [1.29, 1.82) is 5.26 Å². The van der Waals surface area contributed by atoms with Gasteiger partial charge in [-0.2, -0.15) is 9.66 Å². The monoisotopic (exact) mass is 266 g/mol. The predicted molar refractivity (Wildman–Crippen MR) is 71.2 cm³/mol. The number of rotatable bonds is 2. The zero-order chi connectivity index (χ0) is 13.9. The van der Waals surface area contributed by atoms with Crippen LogP contribution in [0.4, 0.5) is 4.39 Å². The zero-order valence-electron chi connectivity index (χ0n) is 10.8. The van der Waals surface area contributed by atoms with Crippen molar-refractivity contribution in [2.45, 2.75) is 32.4 Å². The number of benzene rings is 1. The van der Waals surface area contributed by atoms with Crippen molar-refractivity contribution in [3.8, 4) is 6.07 Å². The summed E-state index contributed by atoms with van der Waals surface area (Å²) in [4.78, 5) is 0. The van der Waals surface area contributed by atoms with Gasteiger partial charge in [-0.15, -0.1) is 0 Å². The molecule has 3 nitrogen and oxygen atoms in total. The largest absolute Gasteiger partial charge is 0.234 e. The van der Waals surface area contributed by atoms with Gasteiger partial charge in [-0.3, -0.25) is 0 Å². The summed E-state index contributed by atoms with van der Waals surface area (Å²) in [7, 11) is -1.43. The smallest absolute Gasteiger partial charge is 0.145 e. The number of hydrogen-bond acceptors (Lipinski definition) is 2. The molecule has 0 saturated carbocycles. The molecule has 96 valence electrons. The van der Waals surface area contributed by atoms with E-state index < -0.39 is 21.5 Å². The minimum absolute atomic E-state index is 0.251. The molecule has 1 rings (SSSR count). The highest BCUT2D eigenvalue weighted by Gasteiger charge is 2.19. The standard InChI is InChI=1S/C13H15FN2OS/c1-9(16-18(17)13(2,3)4)11-6-5-10(8-15)7-12(11)14/h5-7H,1-4H3/b16-9+. The fourth-order valence-corrected chi connectivity index (χ4v) is 1.81. The summed E-state index contributed by atoms with van der Waals surface area (Å²) in [5, 5.41) is 8.65. The Kier molecular flexibility index (Phi) is 4.36. The van der Waals surface area contributed by atoms with Crippen LogP contribution in [0.5, 0.6) is 0 Å². The van der Waals surface area contributed by atoms with Crippen LogP contribution in [-0.2, 0) is 11.0 Å². The van der Waals surface area contributed by atoms with Crippen molar-refractivity contribution >= 4 is 16.7 Å². The highest BCUT2D eigenvalue weighted by atomic mass is 32.2. The first-order valence-corrected chi connectivity index (χ1v) is 6.53. The Morgan fingerprint density at radius 1 is 1.44 bits per heavy atom. The summed E-state index contributed by atoms with van der Waals surface area (Å²) in [6, 6.07) is 6.00. The molecular weight excluding hydrogens is 251 g/mol. The number of nitriles is 1. The van der Waals surface area contributed by atoms with Crippen LogP contribution in [0.25, 0.3) is 0 Å². The molecule has 0 amide bonds. The van der Waals surface area contributed by atoms with Crippen molar-refractivity contribution in [2.75, 3.05) is 0 Å². The molecule has 18 heavy (non-hydrogen) atoms. The van der Waals surface area contributed by atoms with E-state index in [-0.39, 0.29) is 11.1 Å². The van der Waals surface area contributed by atoms with Crippen molar-refractivity contribution in [1.82, 2.24) is 0 Å². The van der Waals surface area contributed by atoms with Gasteiger partial charge in [-0.25, -0.2) is 8.60 Å². The van der Waals surface area contributed by atoms with Gasteiger partial charge in [0.05, 0.1) is 22.1 Å². The van der Waals surface area contributed by atoms with E-state index in [9.17, 15) is 8.60 Å². The average molecular weight is 266 g/mol. The number of halogens is 1. The first-order valence-electron chi connectivity index (χ1n) is 5.43. The van der Waals surface area contributed by atoms with Gasteiger partial charge in [-0.05, 0) is 45.9 Å². The fourth-order valence-electron chi connectivity index (χ4n) is 1.19. The number of nitrogens with zero attached hydrogens (tertiary/aromatic N) is 2. The molecule has 5 heteroatoms. The van der Waals surface area contributed by atoms with Crippen LogP contribution in [0.1, 0.15) is 38.8 Å². The van der Waals surface area contributed by atoms with E-state index >= 15 is 0 Å². The van der Waals surface area contributed by atoms with Crippen molar-refractivity contribution in [2.24, 2.45) is 4.40 Å². The highest BCUT2D eigenvalue weighted by molar-refractivity contribution is 7.85. The van der Waals surface area contributed by atoms with Gasteiger partial charge in [0, 0.05) is 5.56 Å². The summed E-state index contributed by atoms with van der Waals surface area (Å²) < 4.78 is 29.1. The first-order chi connectivity index (χ1) is 8.25. The van der Waals surface area contributed by atoms with Gasteiger partial charge in [0.1, 0.15) is 16.8 Å². The molecule has 1 unspecified atom stereocenters. The molecule has 0 aliphatic carbocycles. The zero-order valence-corrected chi connectivity index (χ0v) is 11.6. The summed E-state index contributed by atoms with van der Waals surface area (Å²) >= 11 is 0. The molecule has 0 bridgehead atoms. The normalized spacial score (nSPS) is 14.1. The van der Waals surface area contributed by atoms with Crippen LogP contribution in [0, 0.1) is 17.1 Å². The Labute approximate surface area is 109 Å². The maximum Gasteiger partial charge on any atom is 0.145 e. The Bertz CT molecular complexity index is 553. The van der Waals surface area contributed by atoms with Crippen molar-refractivity contribution in [3.05, 3.63) is 35.1 Å². The minimum Gasteiger partial charge on any atom is -0.234 e. The second kappa shape index (κ2) is 5.40. The van der Waals surface area contributed by atoms with E-state index in [1.54, 1.807) is 27.7 Å². The molecule has 1 aromatic carbocycles. The van der Waals surface area contributed by atoms with Crippen LogP contribution < -0.4 is 0 Å². The van der Waals surface area contributed by atoms with E-state index in [0.717, 1.165) is 6.07 Å². The minimum atomic E-state index is -1.43. The van der Waals surface area contributed by atoms with E-state index in [0.29, 0.717) is 5.71 Å². The SMILES string of the molecule is C/C(=N\S(=O)C(C)(C)C)c1ccc(C#N)cc1F. The molecule has 0 aromatic heterocycles. The molecule has 0 spiro atoms. The second-order valence-corrected chi connectivity index (χ2v) is 6.75. The molecule has 0 saturated heterocycles. The summed E-state index contributed by atoms with van der Waals surface area (Å²) in [5.41, 5.74) is 0.887. The lowest BCUT2D eigenvalue weighted by Gasteiger charge is -2.14. The molecule has 0 radical (unpaired) electrons. The van der Waals surface area contributed by atoms with Crippen LogP contribution in [0.15, 0.2) is 22.6 Å². The maximum atomic E-state index is 13.7. The fraction of sp³-hybridized carbons (Fsp3) is 0.385. The predicted octanol–water partition coefficient (Wildman–Crippen LogP) is 2.97. The van der Waals surface area contributed by atoms with Gasteiger partial charge < -0.3 is 0 Å². The van der Waals surface area contributed by atoms with Crippen molar-refractivity contribution in [3.63, 3.8) is 0 Å². The van der Waals surface area contributed by atoms with Crippen LogP contribution in [-0.4, -0.2) is 14.7 Å². The van der Waals surface area contributed by atoms with E-state index in [1.807, 2.05) is 6.07 Å². The molecule has 0 aliphatic heterocycles. The lowest BCUT2D eigenvalue weighted by atomic mass is 10.1. The van der Waals surface area contributed by atoms with Crippen LogP contribution in [0.3, 0.4) is 0 Å². The van der Waals surface area contributed by atoms with Gasteiger partial charge in [0.2, 0.25) is 0 Å². The van der Waals surface area contributed by atoms with E-state index in [1.165, 1.54) is 12.1 Å². The first kappa shape index (κ1) is 14.5. The van der Waals surface area contributed by atoms with E-state index in [4.69, 9.17) is 5.26 Å². The molecular formula is C13H15FN2OS. The average Bonchev–Trinajstić information content (AvgIpc) is 2.27. The molecule has 1 atom stereocenters. The third kappa shape index (κ3) is 3.47. The quantitative estimate of drug-likeness (QED) is 0.773. The number of hydrogen-bond donors (Lipinski definition) is 0. The Morgan fingerprint density at radius 3 is 2.50 bits per heavy atom.